The van der Waals surface area contributed by atoms with E-state index >= 15 is 0 Å². The van der Waals surface area contributed by atoms with Crippen molar-refractivity contribution in [3.63, 3.8) is 0 Å². The lowest BCUT2D eigenvalue weighted by Crippen LogP contribution is -2.26. The van der Waals surface area contributed by atoms with Gasteiger partial charge in [0.1, 0.15) is 0 Å². The molecule has 1 aromatic carbocycles. The summed E-state index contributed by atoms with van der Waals surface area (Å²) in [5.41, 5.74) is 2.01. The first-order valence-corrected chi connectivity index (χ1v) is 10.5. The number of carbonyl (C=O) groups is 1. The molecule has 3 nitrogen and oxygen atoms in total. The fourth-order valence-electron chi connectivity index (χ4n) is 2.15. The maximum absolute atomic E-state index is 11.1. The van der Waals surface area contributed by atoms with Gasteiger partial charge in [-0.3, -0.25) is 4.79 Å². The van der Waals surface area contributed by atoms with E-state index < -0.39 is 9.04 Å². The summed E-state index contributed by atoms with van der Waals surface area (Å²) in [7, 11) is -1.20. The van der Waals surface area contributed by atoms with E-state index in [1.165, 1.54) is 6.92 Å². The van der Waals surface area contributed by atoms with Gasteiger partial charge in [-0.15, -0.1) is 0 Å². The van der Waals surface area contributed by atoms with Crippen molar-refractivity contribution in [3.8, 4) is 0 Å². The van der Waals surface area contributed by atoms with E-state index in [9.17, 15) is 4.79 Å². The van der Waals surface area contributed by atoms with E-state index in [1.807, 2.05) is 18.2 Å². The average Bonchev–Trinajstić information content (AvgIpc) is 2.33. The molecule has 0 aliphatic heterocycles. The van der Waals surface area contributed by atoms with Gasteiger partial charge < -0.3 is 9.74 Å². The number of benzene rings is 1. The molecular weight excluding hydrogens is 302 g/mol. The summed E-state index contributed by atoms with van der Waals surface area (Å²) < 4.78 is 6.23. The Balaban J connectivity index is 3.11. The maximum Gasteiger partial charge on any atom is 0.217 e. The van der Waals surface area contributed by atoms with E-state index in [0.717, 1.165) is 16.1 Å². The first kappa shape index (κ1) is 18.2. The Morgan fingerprint density at radius 3 is 2.48 bits per heavy atom. The van der Waals surface area contributed by atoms with E-state index in [1.54, 1.807) is 0 Å². The topological polar surface area (TPSA) is 38.3 Å². The summed E-state index contributed by atoms with van der Waals surface area (Å²) in [6, 6.07) is 5.87. The van der Waals surface area contributed by atoms with Gasteiger partial charge in [-0.1, -0.05) is 38.4 Å². The minimum atomic E-state index is -1.20. The predicted molar refractivity (Wildman–Crippen MR) is 91.1 cm³/mol. The zero-order valence-electron chi connectivity index (χ0n) is 13.8. The molecule has 0 bridgehead atoms. The summed E-state index contributed by atoms with van der Waals surface area (Å²) >= 11 is 6.39. The molecule has 0 aliphatic rings. The number of amides is 1. The van der Waals surface area contributed by atoms with Crippen LogP contribution in [0.25, 0.3) is 0 Å². The number of hydrogen-bond donors (Lipinski definition) is 1. The van der Waals surface area contributed by atoms with Crippen molar-refractivity contribution in [3.05, 3.63) is 34.3 Å². The standard InChI is InChI=1S/C16H26ClNO2Si/c1-11(19)18-10-12-7-8-14(17)13(9-12)15(16(2,3)4)20-21(5)6/h7-9,15,21H,10H2,1-6H3,(H,18,19). The molecule has 1 rings (SSSR count). The summed E-state index contributed by atoms with van der Waals surface area (Å²) in [5.74, 6) is -0.0373. The zero-order chi connectivity index (χ0) is 16.2. The van der Waals surface area contributed by atoms with Gasteiger partial charge in [0.25, 0.3) is 0 Å². The molecule has 5 heteroatoms. The van der Waals surface area contributed by atoms with Crippen LogP contribution < -0.4 is 5.32 Å². The Bertz CT molecular complexity index is 498. The van der Waals surface area contributed by atoms with Gasteiger partial charge in [0.05, 0.1) is 6.10 Å². The van der Waals surface area contributed by atoms with Crippen LogP contribution >= 0.6 is 11.6 Å². The molecule has 0 spiro atoms. The first-order chi connectivity index (χ1) is 9.61. The Labute approximate surface area is 134 Å². The largest absolute Gasteiger partial charge is 0.413 e. The molecule has 118 valence electrons. The van der Waals surface area contributed by atoms with Crippen molar-refractivity contribution in [2.45, 2.75) is 53.4 Å². The third kappa shape index (κ3) is 5.81. The van der Waals surface area contributed by atoms with Crippen LogP contribution in [0.15, 0.2) is 18.2 Å². The highest BCUT2D eigenvalue weighted by Crippen LogP contribution is 2.40. The Kier molecular flexibility index (Phi) is 6.44. The minimum absolute atomic E-state index is 0.0334. The van der Waals surface area contributed by atoms with Gasteiger partial charge in [-0.25, -0.2) is 0 Å². The van der Waals surface area contributed by atoms with Crippen LogP contribution in [0, 0.1) is 5.41 Å². The highest BCUT2D eigenvalue weighted by Gasteiger charge is 2.29. The molecule has 0 saturated carbocycles. The number of carbonyl (C=O) groups excluding carboxylic acids is 1. The van der Waals surface area contributed by atoms with E-state index in [-0.39, 0.29) is 17.4 Å². The molecule has 0 aliphatic carbocycles. The molecule has 1 atom stereocenters. The zero-order valence-corrected chi connectivity index (χ0v) is 15.7. The lowest BCUT2D eigenvalue weighted by molar-refractivity contribution is -0.119. The minimum Gasteiger partial charge on any atom is -0.413 e. The maximum atomic E-state index is 11.1. The van der Waals surface area contributed by atoms with Crippen LogP contribution in [0.5, 0.6) is 0 Å². The molecule has 1 unspecified atom stereocenters. The summed E-state index contributed by atoms with van der Waals surface area (Å²) in [6.07, 6.45) is -0.0334. The molecular formula is C16H26ClNO2Si. The van der Waals surface area contributed by atoms with Crippen LogP contribution in [-0.2, 0) is 15.8 Å². The van der Waals surface area contributed by atoms with Gasteiger partial charge in [0, 0.05) is 18.5 Å². The third-order valence-corrected chi connectivity index (χ3v) is 4.24. The highest BCUT2D eigenvalue weighted by atomic mass is 35.5. The summed E-state index contributed by atoms with van der Waals surface area (Å²) in [4.78, 5) is 11.1. The van der Waals surface area contributed by atoms with Gasteiger partial charge in [-0.05, 0) is 41.8 Å². The molecule has 21 heavy (non-hydrogen) atoms. The van der Waals surface area contributed by atoms with Crippen molar-refractivity contribution in [2.75, 3.05) is 0 Å². The van der Waals surface area contributed by atoms with Gasteiger partial charge in [0.15, 0.2) is 9.04 Å². The Hall–Kier alpha value is -0.843. The number of rotatable bonds is 5. The van der Waals surface area contributed by atoms with E-state index in [0.29, 0.717) is 6.54 Å². The summed E-state index contributed by atoms with van der Waals surface area (Å²) in [5, 5.41) is 3.53. The molecule has 0 fully saturated rings. The van der Waals surface area contributed by atoms with Gasteiger partial charge in [0.2, 0.25) is 5.91 Å². The molecule has 0 heterocycles. The second-order valence-electron chi connectivity index (χ2n) is 6.70. The molecule has 1 amide bonds. The quantitative estimate of drug-likeness (QED) is 0.828. The molecule has 0 aromatic heterocycles. The molecule has 0 saturated heterocycles. The second-order valence-corrected chi connectivity index (χ2v) is 9.47. The smallest absolute Gasteiger partial charge is 0.217 e. The van der Waals surface area contributed by atoms with E-state index in [4.69, 9.17) is 16.0 Å². The van der Waals surface area contributed by atoms with Crippen molar-refractivity contribution in [1.29, 1.82) is 0 Å². The second kappa shape index (κ2) is 7.43. The Morgan fingerprint density at radius 1 is 1.38 bits per heavy atom. The SMILES string of the molecule is CC(=O)NCc1ccc(Cl)c(C(O[SiH](C)C)C(C)(C)C)c1. The van der Waals surface area contributed by atoms with Crippen molar-refractivity contribution >= 4 is 26.5 Å². The number of halogens is 1. The third-order valence-electron chi connectivity index (χ3n) is 3.08. The Morgan fingerprint density at radius 2 is 2.00 bits per heavy atom. The van der Waals surface area contributed by atoms with Gasteiger partial charge in [-0.2, -0.15) is 0 Å². The van der Waals surface area contributed by atoms with Crippen LogP contribution in [0.2, 0.25) is 18.1 Å². The van der Waals surface area contributed by atoms with Crippen LogP contribution in [-0.4, -0.2) is 14.9 Å². The number of hydrogen-bond acceptors (Lipinski definition) is 2. The molecule has 1 N–H and O–H groups in total. The van der Waals surface area contributed by atoms with Crippen LogP contribution in [0.4, 0.5) is 0 Å². The predicted octanol–water partition coefficient (Wildman–Crippen LogP) is 4.06. The van der Waals surface area contributed by atoms with Crippen molar-refractivity contribution < 1.29 is 9.22 Å². The lowest BCUT2D eigenvalue weighted by Gasteiger charge is -2.33. The normalized spacial score (nSPS) is 13.3. The summed E-state index contributed by atoms with van der Waals surface area (Å²) in [6.45, 7) is 12.8. The monoisotopic (exact) mass is 327 g/mol. The molecule has 1 aromatic rings. The lowest BCUT2D eigenvalue weighted by atomic mass is 9.84. The van der Waals surface area contributed by atoms with E-state index in [2.05, 4.69) is 39.2 Å². The fourth-order valence-corrected chi connectivity index (χ4v) is 3.46. The molecule has 0 radical (unpaired) electrons. The van der Waals surface area contributed by atoms with Crippen LogP contribution in [0.3, 0.4) is 0 Å². The number of nitrogens with one attached hydrogen (secondary N) is 1. The van der Waals surface area contributed by atoms with Crippen molar-refractivity contribution in [2.24, 2.45) is 5.41 Å². The highest BCUT2D eigenvalue weighted by molar-refractivity contribution is 6.48. The first-order valence-electron chi connectivity index (χ1n) is 7.29. The fraction of sp³-hybridized carbons (Fsp3) is 0.562. The van der Waals surface area contributed by atoms with Gasteiger partial charge >= 0.3 is 0 Å². The van der Waals surface area contributed by atoms with Crippen LogP contribution in [0.1, 0.15) is 44.9 Å². The van der Waals surface area contributed by atoms with Crippen molar-refractivity contribution in [1.82, 2.24) is 5.32 Å². The average molecular weight is 328 g/mol.